The van der Waals surface area contributed by atoms with E-state index in [9.17, 15) is 14.4 Å². The van der Waals surface area contributed by atoms with Crippen molar-refractivity contribution in [2.24, 2.45) is 0 Å². The highest BCUT2D eigenvalue weighted by Crippen LogP contribution is 2.31. The molecule has 0 spiro atoms. The van der Waals surface area contributed by atoms with Crippen molar-refractivity contribution in [3.63, 3.8) is 0 Å². The van der Waals surface area contributed by atoms with E-state index in [2.05, 4.69) is 5.32 Å². The number of rotatable bonds is 9. The lowest BCUT2D eigenvalue weighted by molar-refractivity contribution is 0.0656. The molecule has 1 aliphatic heterocycles. The summed E-state index contributed by atoms with van der Waals surface area (Å²) in [5, 5.41) is 2.77. The van der Waals surface area contributed by atoms with E-state index in [4.69, 9.17) is 18.9 Å². The van der Waals surface area contributed by atoms with Crippen LogP contribution in [0.3, 0.4) is 0 Å². The van der Waals surface area contributed by atoms with Crippen molar-refractivity contribution in [3.8, 4) is 23.0 Å². The monoisotopic (exact) mass is 490 g/mol. The number of fused-ring (bicyclic) bond motifs is 1. The molecule has 36 heavy (non-hydrogen) atoms. The molecule has 1 aliphatic rings. The largest absolute Gasteiger partial charge is 0.497 e. The number of ether oxygens (including phenoxy) is 4. The minimum atomic E-state index is -0.451. The van der Waals surface area contributed by atoms with Gasteiger partial charge in [-0.3, -0.25) is 19.3 Å². The van der Waals surface area contributed by atoms with Gasteiger partial charge in [-0.1, -0.05) is 6.07 Å². The zero-order chi connectivity index (χ0) is 25.8. The summed E-state index contributed by atoms with van der Waals surface area (Å²) in [4.78, 5) is 40.1. The molecule has 4 rings (SSSR count). The van der Waals surface area contributed by atoms with Crippen LogP contribution in [0.4, 0.5) is 5.69 Å². The quantitative estimate of drug-likeness (QED) is 0.455. The summed E-state index contributed by atoms with van der Waals surface area (Å²) in [6, 6.07) is 14.9. The number of benzene rings is 3. The average Bonchev–Trinajstić information content (AvgIpc) is 3.15. The molecular formula is C27H26N2O7. The molecule has 9 heteroatoms. The molecule has 0 unspecified atom stereocenters. The van der Waals surface area contributed by atoms with E-state index in [-0.39, 0.29) is 23.2 Å². The van der Waals surface area contributed by atoms with Crippen molar-refractivity contribution in [1.82, 2.24) is 4.90 Å². The average molecular weight is 491 g/mol. The van der Waals surface area contributed by atoms with Crippen molar-refractivity contribution in [2.75, 3.05) is 40.3 Å². The van der Waals surface area contributed by atoms with Gasteiger partial charge >= 0.3 is 0 Å². The number of carbonyl (C=O) groups is 3. The fraction of sp³-hybridized carbons (Fsp3) is 0.222. The lowest BCUT2D eigenvalue weighted by Crippen LogP contribution is -2.31. The molecule has 0 aromatic heterocycles. The highest BCUT2D eigenvalue weighted by atomic mass is 16.5. The number of imide groups is 1. The Morgan fingerprint density at radius 2 is 1.44 bits per heavy atom. The van der Waals surface area contributed by atoms with Crippen molar-refractivity contribution >= 4 is 23.4 Å². The van der Waals surface area contributed by atoms with Crippen LogP contribution in [0, 0.1) is 0 Å². The van der Waals surface area contributed by atoms with Crippen LogP contribution in [-0.2, 0) is 6.42 Å². The Morgan fingerprint density at radius 1 is 0.750 bits per heavy atom. The molecule has 3 aromatic rings. The number of carbonyl (C=O) groups excluding carboxylic acids is 3. The Kier molecular flexibility index (Phi) is 7.10. The zero-order valence-electron chi connectivity index (χ0n) is 20.4. The smallest absolute Gasteiger partial charge is 0.261 e. The fourth-order valence-electron chi connectivity index (χ4n) is 4.02. The lowest BCUT2D eigenvalue weighted by atomic mass is 10.1. The molecule has 9 nitrogen and oxygen atoms in total. The minimum Gasteiger partial charge on any atom is -0.497 e. The molecule has 186 valence electrons. The summed E-state index contributed by atoms with van der Waals surface area (Å²) in [6.07, 6.45) is 0.439. The molecule has 0 radical (unpaired) electrons. The van der Waals surface area contributed by atoms with Crippen LogP contribution >= 0.6 is 0 Å². The lowest BCUT2D eigenvalue weighted by Gasteiger charge is -2.14. The van der Waals surface area contributed by atoms with Gasteiger partial charge in [0.1, 0.15) is 11.5 Å². The van der Waals surface area contributed by atoms with Gasteiger partial charge in [0.25, 0.3) is 17.7 Å². The van der Waals surface area contributed by atoms with Gasteiger partial charge in [-0.25, -0.2) is 0 Å². The van der Waals surface area contributed by atoms with Crippen molar-refractivity contribution < 1.29 is 33.3 Å². The highest BCUT2D eigenvalue weighted by molar-refractivity contribution is 6.22. The highest BCUT2D eigenvalue weighted by Gasteiger charge is 2.35. The summed E-state index contributed by atoms with van der Waals surface area (Å²) >= 11 is 0. The number of amides is 3. The number of nitrogens with zero attached hydrogens (tertiary/aromatic N) is 1. The molecule has 0 atom stereocenters. The third kappa shape index (κ3) is 4.68. The van der Waals surface area contributed by atoms with Crippen LogP contribution < -0.4 is 24.3 Å². The first-order valence-electron chi connectivity index (χ1n) is 11.1. The predicted molar refractivity (Wildman–Crippen MR) is 133 cm³/mol. The van der Waals surface area contributed by atoms with Crippen LogP contribution in [0.15, 0.2) is 54.6 Å². The molecule has 0 saturated heterocycles. The second-order valence-electron chi connectivity index (χ2n) is 7.98. The van der Waals surface area contributed by atoms with Gasteiger partial charge < -0.3 is 24.3 Å². The molecule has 1 N–H and O–H groups in total. The van der Waals surface area contributed by atoms with Crippen LogP contribution in [0.5, 0.6) is 23.0 Å². The molecule has 0 bridgehead atoms. The third-order valence-corrected chi connectivity index (χ3v) is 5.96. The second-order valence-corrected chi connectivity index (χ2v) is 7.98. The first-order chi connectivity index (χ1) is 17.4. The molecule has 0 fully saturated rings. The first-order valence-corrected chi connectivity index (χ1v) is 11.1. The van der Waals surface area contributed by atoms with Crippen molar-refractivity contribution in [2.45, 2.75) is 6.42 Å². The van der Waals surface area contributed by atoms with E-state index in [0.29, 0.717) is 35.1 Å². The summed E-state index contributed by atoms with van der Waals surface area (Å²) in [5.74, 6) is 0.887. The van der Waals surface area contributed by atoms with Gasteiger partial charge in [-0.05, 0) is 54.4 Å². The SMILES string of the molecule is COc1ccc(OC)c(NC(=O)c2ccc3c(c2)C(=O)N(CCc2ccc(OC)c(OC)c2)C3=O)c1. The Balaban J connectivity index is 1.50. The Hall–Kier alpha value is -4.53. The fourth-order valence-corrected chi connectivity index (χ4v) is 4.02. The molecule has 3 amide bonds. The minimum absolute atomic E-state index is 0.185. The molecular weight excluding hydrogens is 464 g/mol. The van der Waals surface area contributed by atoms with E-state index in [0.717, 1.165) is 5.56 Å². The van der Waals surface area contributed by atoms with E-state index >= 15 is 0 Å². The van der Waals surface area contributed by atoms with Crippen molar-refractivity contribution in [3.05, 3.63) is 76.9 Å². The van der Waals surface area contributed by atoms with Crippen LogP contribution in [0.2, 0.25) is 0 Å². The number of methoxy groups -OCH3 is 4. The van der Waals surface area contributed by atoms with E-state index < -0.39 is 17.7 Å². The van der Waals surface area contributed by atoms with Crippen molar-refractivity contribution in [1.29, 1.82) is 0 Å². The first kappa shape index (κ1) is 24.6. The van der Waals surface area contributed by atoms with Gasteiger partial charge in [-0.15, -0.1) is 0 Å². The zero-order valence-corrected chi connectivity index (χ0v) is 20.4. The maximum Gasteiger partial charge on any atom is 0.261 e. The molecule has 0 aliphatic carbocycles. The molecule has 3 aromatic carbocycles. The number of hydrogen-bond donors (Lipinski definition) is 1. The number of anilines is 1. The summed E-state index contributed by atoms with van der Waals surface area (Å²) in [6.45, 7) is 0.185. The number of nitrogens with one attached hydrogen (secondary N) is 1. The third-order valence-electron chi connectivity index (χ3n) is 5.96. The topological polar surface area (TPSA) is 103 Å². The van der Waals surface area contributed by atoms with Gasteiger partial charge in [0.05, 0.1) is 45.3 Å². The summed E-state index contributed by atoms with van der Waals surface area (Å²) in [7, 11) is 6.11. The molecule has 1 heterocycles. The predicted octanol–water partition coefficient (Wildman–Crippen LogP) is 3.81. The Labute approximate surface area is 208 Å². The van der Waals surface area contributed by atoms with Gasteiger partial charge in [0.2, 0.25) is 0 Å². The molecule has 0 saturated carbocycles. The van der Waals surface area contributed by atoms with Crippen LogP contribution in [0.25, 0.3) is 0 Å². The van der Waals surface area contributed by atoms with Gasteiger partial charge in [0.15, 0.2) is 11.5 Å². The summed E-state index contributed by atoms with van der Waals surface area (Å²) in [5.41, 5.74) is 2.00. The second kappa shape index (κ2) is 10.4. The Bertz CT molecular complexity index is 1340. The van der Waals surface area contributed by atoms with Gasteiger partial charge in [0, 0.05) is 18.2 Å². The maximum atomic E-state index is 13.1. The standard InChI is InChI=1S/C27H26N2O7/c1-33-18-7-10-22(34-2)21(15-18)28-25(30)17-6-8-19-20(14-17)27(32)29(26(19)31)12-11-16-5-9-23(35-3)24(13-16)36-4/h5-10,13-15H,11-12H2,1-4H3,(H,28,30). The Morgan fingerprint density at radius 3 is 2.14 bits per heavy atom. The van der Waals surface area contributed by atoms with Crippen LogP contribution in [-0.4, -0.2) is 57.6 Å². The summed E-state index contributed by atoms with van der Waals surface area (Å²) < 4.78 is 21.1. The van der Waals surface area contributed by atoms with E-state index in [1.54, 1.807) is 38.5 Å². The van der Waals surface area contributed by atoms with E-state index in [1.165, 1.54) is 37.3 Å². The number of hydrogen-bond acceptors (Lipinski definition) is 7. The van der Waals surface area contributed by atoms with Gasteiger partial charge in [-0.2, -0.15) is 0 Å². The normalized spacial score (nSPS) is 12.3. The van der Waals surface area contributed by atoms with E-state index in [1.807, 2.05) is 12.1 Å². The van der Waals surface area contributed by atoms with Crippen LogP contribution in [0.1, 0.15) is 36.6 Å². The maximum absolute atomic E-state index is 13.1.